The molecule has 78 valence electrons. The molecule has 1 rings (SSSR count). The summed E-state index contributed by atoms with van der Waals surface area (Å²) in [5.41, 5.74) is 5.46. The molecule has 1 aliphatic rings. The molecule has 13 heavy (non-hydrogen) atoms. The van der Waals surface area contributed by atoms with Crippen LogP contribution in [0.1, 0.15) is 25.7 Å². The molecule has 1 fully saturated rings. The van der Waals surface area contributed by atoms with E-state index in [4.69, 9.17) is 5.73 Å². The average Bonchev–Trinajstić information content (AvgIpc) is 2.41. The highest BCUT2D eigenvalue weighted by Crippen LogP contribution is 2.10. The summed E-state index contributed by atoms with van der Waals surface area (Å²) in [6, 6.07) is 0. The van der Waals surface area contributed by atoms with Crippen molar-refractivity contribution in [1.82, 2.24) is 4.90 Å². The molecule has 0 spiro atoms. The van der Waals surface area contributed by atoms with E-state index in [2.05, 4.69) is 16.7 Å². The lowest BCUT2D eigenvalue weighted by molar-refractivity contribution is 0.288. The van der Waals surface area contributed by atoms with Crippen LogP contribution in [0.5, 0.6) is 0 Å². The number of hydrogen-bond acceptors (Lipinski definition) is 3. The third kappa shape index (κ3) is 5.55. The van der Waals surface area contributed by atoms with Crippen LogP contribution in [0.2, 0.25) is 0 Å². The van der Waals surface area contributed by atoms with Crippen LogP contribution in [-0.2, 0) is 0 Å². The maximum Gasteiger partial charge on any atom is 0.00723 e. The zero-order valence-electron chi connectivity index (χ0n) is 8.50. The van der Waals surface area contributed by atoms with E-state index < -0.39 is 0 Å². The van der Waals surface area contributed by atoms with Gasteiger partial charge in [-0.05, 0) is 44.6 Å². The number of hydrogen-bond donors (Lipinski definition) is 1. The molecule has 0 aromatic heterocycles. The Morgan fingerprint density at radius 1 is 1.08 bits per heavy atom. The molecule has 0 amide bonds. The van der Waals surface area contributed by atoms with Crippen molar-refractivity contribution >= 4 is 11.8 Å². The van der Waals surface area contributed by atoms with Crippen molar-refractivity contribution in [2.24, 2.45) is 5.73 Å². The summed E-state index contributed by atoms with van der Waals surface area (Å²) < 4.78 is 0. The van der Waals surface area contributed by atoms with Crippen LogP contribution in [0, 0.1) is 0 Å². The van der Waals surface area contributed by atoms with Gasteiger partial charge in [-0.2, -0.15) is 11.8 Å². The lowest BCUT2D eigenvalue weighted by atomic mass is 10.2. The lowest BCUT2D eigenvalue weighted by Crippen LogP contribution is -2.27. The van der Waals surface area contributed by atoms with Crippen LogP contribution in [0.15, 0.2) is 0 Å². The molecule has 0 aliphatic carbocycles. The van der Waals surface area contributed by atoms with E-state index in [0.717, 1.165) is 6.54 Å². The summed E-state index contributed by atoms with van der Waals surface area (Å²) in [5.74, 6) is 2.69. The number of unbranched alkanes of at least 4 members (excludes halogenated alkanes) is 2. The molecule has 3 heteroatoms. The molecule has 0 radical (unpaired) electrons. The van der Waals surface area contributed by atoms with Gasteiger partial charge < -0.3 is 10.6 Å². The Bertz CT molecular complexity index is 111. The first-order valence-electron chi connectivity index (χ1n) is 5.43. The first-order chi connectivity index (χ1) is 6.43. The second kappa shape index (κ2) is 7.65. The SMILES string of the molecule is NCCCCCN1CCCSCC1. The lowest BCUT2D eigenvalue weighted by Gasteiger charge is -2.18. The monoisotopic (exact) mass is 202 g/mol. The van der Waals surface area contributed by atoms with Crippen molar-refractivity contribution in [2.75, 3.05) is 37.7 Å². The van der Waals surface area contributed by atoms with E-state index in [1.165, 1.54) is 56.8 Å². The van der Waals surface area contributed by atoms with E-state index in [-0.39, 0.29) is 0 Å². The minimum Gasteiger partial charge on any atom is -0.330 e. The van der Waals surface area contributed by atoms with Crippen LogP contribution < -0.4 is 5.73 Å². The molecule has 2 nitrogen and oxygen atoms in total. The quantitative estimate of drug-likeness (QED) is 0.686. The average molecular weight is 202 g/mol. The fourth-order valence-corrected chi connectivity index (χ4v) is 2.60. The van der Waals surface area contributed by atoms with Crippen molar-refractivity contribution in [3.63, 3.8) is 0 Å². The van der Waals surface area contributed by atoms with Gasteiger partial charge in [-0.25, -0.2) is 0 Å². The van der Waals surface area contributed by atoms with E-state index in [1.54, 1.807) is 0 Å². The second-order valence-electron chi connectivity index (χ2n) is 3.66. The van der Waals surface area contributed by atoms with Gasteiger partial charge in [0.1, 0.15) is 0 Å². The molecule has 1 saturated heterocycles. The summed E-state index contributed by atoms with van der Waals surface area (Å²) in [4.78, 5) is 2.61. The van der Waals surface area contributed by atoms with Crippen LogP contribution >= 0.6 is 11.8 Å². The number of nitrogens with zero attached hydrogens (tertiary/aromatic N) is 1. The van der Waals surface area contributed by atoms with E-state index >= 15 is 0 Å². The first kappa shape index (κ1) is 11.3. The highest BCUT2D eigenvalue weighted by molar-refractivity contribution is 7.99. The topological polar surface area (TPSA) is 29.3 Å². The van der Waals surface area contributed by atoms with Crippen LogP contribution in [0.4, 0.5) is 0 Å². The summed E-state index contributed by atoms with van der Waals surface area (Å²) in [6.45, 7) is 4.76. The normalized spacial score (nSPS) is 20.1. The van der Waals surface area contributed by atoms with E-state index in [9.17, 15) is 0 Å². The van der Waals surface area contributed by atoms with Crippen LogP contribution in [0.25, 0.3) is 0 Å². The molecule has 1 heterocycles. The van der Waals surface area contributed by atoms with Gasteiger partial charge in [-0.3, -0.25) is 0 Å². The highest BCUT2D eigenvalue weighted by atomic mass is 32.2. The molecule has 0 aromatic rings. The van der Waals surface area contributed by atoms with Gasteiger partial charge in [0.05, 0.1) is 0 Å². The fraction of sp³-hybridized carbons (Fsp3) is 1.00. The smallest absolute Gasteiger partial charge is 0.00723 e. The zero-order valence-corrected chi connectivity index (χ0v) is 9.32. The van der Waals surface area contributed by atoms with E-state index in [0.29, 0.717) is 0 Å². The summed E-state index contributed by atoms with van der Waals surface area (Å²) in [6.07, 6.45) is 5.21. The predicted octanol–water partition coefficient (Wildman–Crippen LogP) is 1.55. The Kier molecular flexibility index (Phi) is 6.68. The predicted molar refractivity (Wildman–Crippen MR) is 61.3 cm³/mol. The first-order valence-corrected chi connectivity index (χ1v) is 6.59. The van der Waals surface area contributed by atoms with Gasteiger partial charge in [-0.15, -0.1) is 0 Å². The van der Waals surface area contributed by atoms with Crippen molar-refractivity contribution in [2.45, 2.75) is 25.7 Å². The zero-order chi connectivity index (χ0) is 9.36. The second-order valence-corrected chi connectivity index (χ2v) is 4.88. The summed E-state index contributed by atoms with van der Waals surface area (Å²) in [5, 5.41) is 0. The summed E-state index contributed by atoms with van der Waals surface area (Å²) in [7, 11) is 0. The molecule has 0 atom stereocenters. The third-order valence-electron chi connectivity index (χ3n) is 2.49. The van der Waals surface area contributed by atoms with Gasteiger partial charge >= 0.3 is 0 Å². The van der Waals surface area contributed by atoms with Crippen LogP contribution in [0.3, 0.4) is 0 Å². The van der Waals surface area contributed by atoms with Crippen LogP contribution in [-0.4, -0.2) is 42.6 Å². The Morgan fingerprint density at radius 3 is 2.85 bits per heavy atom. The van der Waals surface area contributed by atoms with Gasteiger partial charge in [0, 0.05) is 12.3 Å². The van der Waals surface area contributed by atoms with Gasteiger partial charge in [0.15, 0.2) is 0 Å². The third-order valence-corrected chi connectivity index (χ3v) is 3.54. The molecule has 0 unspecified atom stereocenters. The molecule has 2 N–H and O–H groups in total. The maximum atomic E-state index is 5.46. The van der Waals surface area contributed by atoms with Gasteiger partial charge in [0.25, 0.3) is 0 Å². The van der Waals surface area contributed by atoms with Gasteiger partial charge in [-0.1, -0.05) is 6.42 Å². The highest BCUT2D eigenvalue weighted by Gasteiger charge is 2.07. The number of thioether (sulfide) groups is 1. The Balaban J connectivity index is 1.98. The van der Waals surface area contributed by atoms with Crippen molar-refractivity contribution in [3.8, 4) is 0 Å². The van der Waals surface area contributed by atoms with E-state index in [1.807, 2.05) is 0 Å². The fourth-order valence-electron chi connectivity index (χ4n) is 1.68. The van der Waals surface area contributed by atoms with Crippen molar-refractivity contribution in [1.29, 1.82) is 0 Å². The minimum atomic E-state index is 0.857. The Morgan fingerprint density at radius 2 is 2.00 bits per heavy atom. The molecular formula is C10H22N2S. The summed E-state index contributed by atoms with van der Waals surface area (Å²) >= 11 is 2.10. The maximum absolute atomic E-state index is 5.46. The molecule has 0 saturated carbocycles. The standard InChI is InChI=1S/C10H22N2S/c11-5-2-1-3-6-12-7-4-9-13-10-8-12/h1-11H2. The Hall–Kier alpha value is 0.270. The minimum absolute atomic E-state index is 0.857. The number of rotatable bonds is 5. The van der Waals surface area contributed by atoms with Crippen molar-refractivity contribution < 1.29 is 0 Å². The largest absolute Gasteiger partial charge is 0.330 e. The number of nitrogens with two attached hydrogens (primary N) is 1. The van der Waals surface area contributed by atoms with Crippen molar-refractivity contribution in [3.05, 3.63) is 0 Å². The Labute approximate surface area is 86.2 Å². The molecule has 0 aromatic carbocycles. The molecular weight excluding hydrogens is 180 g/mol. The molecule has 0 bridgehead atoms. The molecule has 1 aliphatic heterocycles. The van der Waals surface area contributed by atoms with Gasteiger partial charge in [0.2, 0.25) is 0 Å².